The summed E-state index contributed by atoms with van der Waals surface area (Å²) >= 11 is 0. The molecule has 1 aromatic carbocycles. The Labute approximate surface area is 108 Å². The molecular weight excluding hydrogens is 228 g/mol. The standard InChI is InChI=1S/C14H20N2O2/c1-10-4-6-13(7-5-10)16-8-11(2)15-14(17)18-12(3)9-16/h4-7,11-12H,8-9H2,1-3H3,(H,15,17). The molecule has 2 atom stereocenters. The molecule has 2 unspecified atom stereocenters. The van der Waals surface area contributed by atoms with Gasteiger partial charge >= 0.3 is 6.09 Å². The zero-order chi connectivity index (χ0) is 13.1. The molecule has 1 fully saturated rings. The number of cyclic esters (lactones) is 1. The van der Waals surface area contributed by atoms with E-state index in [0.717, 1.165) is 13.1 Å². The van der Waals surface area contributed by atoms with Crippen LogP contribution in [0.4, 0.5) is 10.5 Å². The first-order valence-electron chi connectivity index (χ1n) is 6.33. The lowest BCUT2D eigenvalue weighted by Gasteiger charge is -2.33. The second-order valence-corrected chi connectivity index (χ2v) is 5.00. The first-order chi connectivity index (χ1) is 8.54. The Bertz CT molecular complexity index is 400. The lowest BCUT2D eigenvalue weighted by Crippen LogP contribution is -2.49. The molecule has 98 valence electrons. The Morgan fingerprint density at radius 1 is 1.22 bits per heavy atom. The first kappa shape index (κ1) is 12.7. The number of aryl methyl sites for hydroxylation is 1. The van der Waals surface area contributed by atoms with Gasteiger partial charge < -0.3 is 15.0 Å². The van der Waals surface area contributed by atoms with Gasteiger partial charge in [0.2, 0.25) is 0 Å². The van der Waals surface area contributed by atoms with Gasteiger partial charge in [-0.1, -0.05) is 17.7 Å². The van der Waals surface area contributed by atoms with Gasteiger partial charge in [0.1, 0.15) is 6.10 Å². The number of amides is 1. The Morgan fingerprint density at radius 3 is 2.56 bits per heavy atom. The molecule has 1 N–H and O–H groups in total. The van der Waals surface area contributed by atoms with Crippen LogP contribution in [0.3, 0.4) is 0 Å². The highest BCUT2D eigenvalue weighted by atomic mass is 16.6. The van der Waals surface area contributed by atoms with Crippen molar-refractivity contribution in [3.8, 4) is 0 Å². The van der Waals surface area contributed by atoms with Crippen LogP contribution in [0.1, 0.15) is 19.4 Å². The maximum Gasteiger partial charge on any atom is 0.407 e. The highest BCUT2D eigenvalue weighted by Gasteiger charge is 2.21. The van der Waals surface area contributed by atoms with Gasteiger partial charge in [-0.2, -0.15) is 0 Å². The van der Waals surface area contributed by atoms with E-state index in [1.165, 1.54) is 11.3 Å². The fourth-order valence-electron chi connectivity index (χ4n) is 2.18. The van der Waals surface area contributed by atoms with Gasteiger partial charge in [-0.05, 0) is 32.9 Å². The third-order valence-corrected chi connectivity index (χ3v) is 3.04. The Hall–Kier alpha value is -1.71. The molecule has 1 heterocycles. The second kappa shape index (κ2) is 5.29. The monoisotopic (exact) mass is 248 g/mol. The number of nitrogens with one attached hydrogen (secondary N) is 1. The van der Waals surface area contributed by atoms with Crippen molar-refractivity contribution in [1.29, 1.82) is 0 Å². The summed E-state index contributed by atoms with van der Waals surface area (Å²) in [5, 5.41) is 2.82. The van der Waals surface area contributed by atoms with E-state index in [1.807, 2.05) is 13.8 Å². The van der Waals surface area contributed by atoms with Gasteiger partial charge in [-0.25, -0.2) is 4.79 Å². The van der Waals surface area contributed by atoms with Crippen LogP contribution in [0.15, 0.2) is 24.3 Å². The van der Waals surface area contributed by atoms with Crippen LogP contribution >= 0.6 is 0 Å². The molecule has 1 aliphatic heterocycles. The van der Waals surface area contributed by atoms with Crippen molar-refractivity contribution < 1.29 is 9.53 Å². The highest BCUT2D eigenvalue weighted by Crippen LogP contribution is 2.17. The van der Waals surface area contributed by atoms with E-state index in [9.17, 15) is 4.79 Å². The maximum atomic E-state index is 11.4. The van der Waals surface area contributed by atoms with Gasteiger partial charge in [0, 0.05) is 18.3 Å². The number of benzene rings is 1. The average molecular weight is 248 g/mol. The number of ether oxygens (including phenoxy) is 1. The zero-order valence-corrected chi connectivity index (χ0v) is 11.1. The maximum absolute atomic E-state index is 11.4. The summed E-state index contributed by atoms with van der Waals surface area (Å²) < 4.78 is 5.25. The number of carbonyl (C=O) groups excluding carboxylic acids is 1. The molecule has 2 rings (SSSR count). The van der Waals surface area contributed by atoms with Crippen molar-refractivity contribution in [3.05, 3.63) is 29.8 Å². The number of rotatable bonds is 1. The molecule has 0 aromatic heterocycles. The van der Waals surface area contributed by atoms with Crippen molar-refractivity contribution in [3.63, 3.8) is 0 Å². The quantitative estimate of drug-likeness (QED) is 0.829. The fraction of sp³-hybridized carbons (Fsp3) is 0.500. The van der Waals surface area contributed by atoms with Crippen molar-refractivity contribution in [2.45, 2.75) is 32.9 Å². The SMILES string of the molecule is Cc1ccc(N2CC(C)NC(=O)OC(C)C2)cc1. The predicted octanol–water partition coefficient (Wildman–Crippen LogP) is 2.32. The molecule has 0 bridgehead atoms. The summed E-state index contributed by atoms with van der Waals surface area (Å²) in [4.78, 5) is 13.6. The van der Waals surface area contributed by atoms with E-state index in [4.69, 9.17) is 4.74 Å². The molecule has 1 saturated heterocycles. The summed E-state index contributed by atoms with van der Waals surface area (Å²) in [6.07, 6.45) is -0.433. The van der Waals surface area contributed by atoms with Gasteiger partial charge in [-0.15, -0.1) is 0 Å². The third-order valence-electron chi connectivity index (χ3n) is 3.04. The molecule has 18 heavy (non-hydrogen) atoms. The lowest BCUT2D eigenvalue weighted by atomic mass is 10.2. The van der Waals surface area contributed by atoms with Crippen molar-refractivity contribution in [2.24, 2.45) is 0 Å². The summed E-state index contributed by atoms with van der Waals surface area (Å²) in [5.41, 5.74) is 2.41. The number of anilines is 1. The molecule has 4 nitrogen and oxygen atoms in total. The van der Waals surface area contributed by atoms with Gasteiger partial charge in [-0.3, -0.25) is 0 Å². The molecule has 0 spiro atoms. The van der Waals surface area contributed by atoms with Crippen LogP contribution in [0.5, 0.6) is 0 Å². The smallest absolute Gasteiger partial charge is 0.407 e. The lowest BCUT2D eigenvalue weighted by molar-refractivity contribution is 0.101. The zero-order valence-electron chi connectivity index (χ0n) is 11.1. The Morgan fingerprint density at radius 2 is 1.89 bits per heavy atom. The van der Waals surface area contributed by atoms with Crippen LogP contribution < -0.4 is 10.2 Å². The highest BCUT2D eigenvalue weighted by molar-refractivity contribution is 5.68. The number of alkyl carbamates (subject to hydrolysis) is 1. The van der Waals surface area contributed by atoms with Crippen LogP contribution in [0.2, 0.25) is 0 Å². The molecule has 0 saturated carbocycles. The van der Waals surface area contributed by atoms with Gasteiger partial charge in [0.05, 0.1) is 6.54 Å². The molecule has 0 aliphatic carbocycles. The predicted molar refractivity (Wildman–Crippen MR) is 71.9 cm³/mol. The normalized spacial score (nSPS) is 24.8. The molecule has 1 aliphatic rings. The summed E-state index contributed by atoms with van der Waals surface area (Å²) in [5.74, 6) is 0. The van der Waals surface area contributed by atoms with Crippen molar-refractivity contribution in [1.82, 2.24) is 5.32 Å². The van der Waals surface area contributed by atoms with E-state index in [1.54, 1.807) is 0 Å². The van der Waals surface area contributed by atoms with E-state index < -0.39 is 0 Å². The van der Waals surface area contributed by atoms with Gasteiger partial charge in [0.25, 0.3) is 0 Å². The van der Waals surface area contributed by atoms with Crippen LogP contribution in [0.25, 0.3) is 0 Å². The largest absolute Gasteiger partial charge is 0.445 e. The van der Waals surface area contributed by atoms with Crippen LogP contribution in [-0.2, 0) is 4.74 Å². The minimum absolute atomic E-state index is 0.0753. The van der Waals surface area contributed by atoms with E-state index in [0.29, 0.717) is 0 Å². The van der Waals surface area contributed by atoms with Crippen molar-refractivity contribution >= 4 is 11.8 Å². The first-order valence-corrected chi connectivity index (χ1v) is 6.33. The number of hydrogen-bond donors (Lipinski definition) is 1. The second-order valence-electron chi connectivity index (χ2n) is 5.00. The molecule has 4 heteroatoms. The number of carbonyl (C=O) groups is 1. The molecule has 0 radical (unpaired) electrons. The van der Waals surface area contributed by atoms with E-state index in [2.05, 4.69) is 41.4 Å². The minimum Gasteiger partial charge on any atom is -0.445 e. The minimum atomic E-state index is -0.321. The molecule has 1 amide bonds. The van der Waals surface area contributed by atoms with Crippen molar-refractivity contribution in [2.75, 3.05) is 18.0 Å². The molecule has 1 aromatic rings. The Balaban J connectivity index is 2.15. The average Bonchev–Trinajstić information content (AvgIpc) is 2.26. The topological polar surface area (TPSA) is 41.6 Å². The number of nitrogens with zero attached hydrogens (tertiary/aromatic N) is 1. The Kier molecular flexibility index (Phi) is 3.75. The van der Waals surface area contributed by atoms with Gasteiger partial charge in [0.15, 0.2) is 0 Å². The summed E-state index contributed by atoms with van der Waals surface area (Å²) in [7, 11) is 0. The van der Waals surface area contributed by atoms with E-state index in [-0.39, 0.29) is 18.2 Å². The summed E-state index contributed by atoms with van der Waals surface area (Å²) in [6, 6.07) is 8.49. The fourth-order valence-corrected chi connectivity index (χ4v) is 2.18. The van der Waals surface area contributed by atoms with Crippen LogP contribution in [0, 0.1) is 6.92 Å². The van der Waals surface area contributed by atoms with E-state index >= 15 is 0 Å². The van der Waals surface area contributed by atoms with Crippen LogP contribution in [-0.4, -0.2) is 31.3 Å². The molecular formula is C14H20N2O2. The summed E-state index contributed by atoms with van der Waals surface area (Å²) in [6.45, 7) is 7.49. The third kappa shape index (κ3) is 3.15. The number of hydrogen-bond acceptors (Lipinski definition) is 3.